The van der Waals surface area contributed by atoms with E-state index < -0.39 is 4.92 Å². The van der Waals surface area contributed by atoms with Gasteiger partial charge in [-0.25, -0.2) is 14.6 Å². The number of carbonyl (C=O) groups is 1. The molecular weight excluding hydrogens is 374 g/mol. The molecule has 3 aromatic rings. The van der Waals surface area contributed by atoms with E-state index in [-0.39, 0.29) is 17.2 Å². The first-order valence-electron chi connectivity index (χ1n) is 8.99. The molecule has 0 aliphatic heterocycles. The summed E-state index contributed by atoms with van der Waals surface area (Å²) < 4.78 is 1.75. The van der Waals surface area contributed by atoms with E-state index in [1.807, 2.05) is 19.9 Å². The summed E-state index contributed by atoms with van der Waals surface area (Å²) in [5.41, 5.74) is 1.99. The van der Waals surface area contributed by atoms with Crippen LogP contribution < -0.4 is 10.6 Å². The lowest BCUT2D eigenvalue weighted by Gasteiger charge is -2.10. The largest absolute Gasteiger partial charge is 0.368 e. The van der Waals surface area contributed by atoms with Gasteiger partial charge in [0.2, 0.25) is 0 Å². The molecule has 1 aromatic carbocycles. The van der Waals surface area contributed by atoms with Crippen LogP contribution in [0.1, 0.15) is 27.6 Å². The molecule has 0 unspecified atom stereocenters. The number of hydrogen-bond acceptors (Lipinski definition) is 7. The number of non-ortho nitro benzene ring substituents is 1. The first-order chi connectivity index (χ1) is 13.8. The molecule has 10 heteroatoms. The number of aryl methyl sites for hydroxylation is 3. The maximum absolute atomic E-state index is 12.2. The summed E-state index contributed by atoms with van der Waals surface area (Å²) in [6, 6.07) is 9.36. The smallest absolute Gasteiger partial charge is 0.270 e. The number of anilines is 1. The molecule has 2 heterocycles. The second-order valence-electron chi connectivity index (χ2n) is 6.49. The predicted molar refractivity (Wildman–Crippen MR) is 107 cm³/mol. The number of carbonyl (C=O) groups excluding carboxylic acids is 1. The summed E-state index contributed by atoms with van der Waals surface area (Å²) in [6.45, 7) is 6.41. The van der Waals surface area contributed by atoms with Crippen LogP contribution in [0, 0.1) is 30.9 Å². The number of hydrogen-bond donors (Lipinski definition) is 2. The molecule has 0 saturated carbocycles. The Kier molecular flexibility index (Phi) is 5.82. The van der Waals surface area contributed by atoms with E-state index in [1.165, 1.54) is 24.3 Å². The normalized spacial score (nSPS) is 10.6. The molecule has 10 nitrogen and oxygen atoms in total. The van der Waals surface area contributed by atoms with Crippen LogP contribution in [0.5, 0.6) is 0 Å². The molecule has 0 spiro atoms. The molecule has 0 bridgehead atoms. The fourth-order valence-electron chi connectivity index (χ4n) is 2.84. The fourth-order valence-corrected chi connectivity index (χ4v) is 2.84. The first-order valence-corrected chi connectivity index (χ1v) is 8.99. The third kappa shape index (κ3) is 4.92. The highest BCUT2D eigenvalue weighted by atomic mass is 16.6. The molecule has 3 rings (SSSR count). The molecule has 150 valence electrons. The molecule has 1 amide bonds. The van der Waals surface area contributed by atoms with Gasteiger partial charge in [0, 0.05) is 42.5 Å². The third-order valence-electron chi connectivity index (χ3n) is 4.09. The average molecular weight is 395 g/mol. The number of nitro groups is 1. The Bertz CT molecular complexity index is 1060. The zero-order valence-electron chi connectivity index (χ0n) is 16.3. The summed E-state index contributed by atoms with van der Waals surface area (Å²) in [4.78, 5) is 31.2. The van der Waals surface area contributed by atoms with Crippen LogP contribution in [0.3, 0.4) is 0 Å². The SMILES string of the molecule is Cc1cc(C)n(-c2cc(NCCNC(=O)c3cccc([N+](=O)[O-])c3)nc(C)n2)n1. The van der Waals surface area contributed by atoms with Gasteiger partial charge in [0.15, 0.2) is 5.82 Å². The Labute approximate surface area is 167 Å². The highest BCUT2D eigenvalue weighted by Gasteiger charge is 2.11. The number of aromatic nitrogens is 4. The van der Waals surface area contributed by atoms with E-state index in [1.54, 1.807) is 17.7 Å². The minimum Gasteiger partial charge on any atom is -0.368 e. The van der Waals surface area contributed by atoms with Crippen LogP contribution in [0.4, 0.5) is 11.5 Å². The Hall–Kier alpha value is -3.82. The molecule has 29 heavy (non-hydrogen) atoms. The molecule has 0 fully saturated rings. The summed E-state index contributed by atoms with van der Waals surface area (Å²) >= 11 is 0. The van der Waals surface area contributed by atoms with Crippen molar-refractivity contribution in [2.45, 2.75) is 20.8 Å². The lowest BCUT2D eigenvalue weighted by atomic mass is 10.2. The second kappa shape index (κ2) is 8.46. The number of benzene rings is 1. The number of amides is 1. The van der Waals surface area contributed by atoms with Gasteiger partial charge in [-0.15, -0.1) is 0 Å². The van der Waals surface area contributed by atoms with Gasteiger partial charge in [-0.1, -0.05) is 6.07 Å². The standard InChI is InChI=1S/C19H21N7O3/c1-12-9-13(2)25(24-12)18-11-17(22-14(3)23-18)20-7-8-21-19(27)15-5-4-6-16(10-15)26(28)29/h4-6,9-11H,7-8H2,1-3H3,(H,21,27)(H,20,22,23). The fraction of sp³-hybridized carbons (Fsp3) is 0.263. The first kappa shape index (κ1) is 19.9. The van der Waals surface area contributed by atoms with Crippen LogP contribution in [0.2, 0.25) is 0 Å². The lowest BCUT2D eigenvalue weighted by molar-refractivity contribution is -0.384. The Balaban J connectivity index is 1.59. The molecule has 0 atom stereocenters. The van der Waals surface area contributed by atoms with Gasteiger partial charge in [0.05, 0.1) is 10.6 Å². The molecule has 2 aromatic heterocycles. The quantitative estimate of drug-likeness (QED) is 0.357. The number of rotatable bonds is 7. The summed E-state index contributed by atoms with van der Waals surface area (Å²) in [5, 5.41) is 21.1. The Morgan fingerprint density at radius 2 is 1.93 bits per heavy atom. The van der Waals surface area contributed by atoms with Crippen molar-refractivity contribution in [3.05, 3.63) is 69.3 Å². The number of nitrogens with zero attached hydrogens (tertiary/aromatic N) is 5. The van der Waals surface area contributed by atoms with E-state index in [9.17, 15) is 14.9 Å². The zero-order valence-corrected chi connectivity index (χ0v) is 16.3. The zero-order chi connectivity index (χ0) is 21.0. The van der Waals surface area contributed by atoms with E-state index in [4.69, 9.17) is 0 Å². The highest BCUT2D eigenvalue weighted by molar-refractivity contribution is 5.94. The van der Waals surface area contributed by atoms with Crippen molar-refractivity contribution in [1.29, 1.82) is 0 Å². The minimum absolute atomic E-state index is 0.121. The van der Waals surface area contributed by atoms with E-state index in [2.05, 4.69) is 25.7 Å². The molecule has 0 aliphatic carbocycles. The summed E-state index contributed by atoms with van der Waals surface area (Å²) in [5.74, 6) is 1.49. The van der Waals surface area contributed by atoms with Gasteiger partial charge in [-0.3, -0.25) is 14.9 Å². The topological polar surface area (TPSA) is 128 Å². The predicted octanol–water partition coefficient (Wildman–Crippen LogP) is 2.34. The van der Waals surface area contributed by atoms with Crippen LogP contribution in [0.15, 0.2) is 36.4 Å². The van der Waals surface area contributed by atoms with Crippen molar-refractivity contribution in [1.82, 2.24) is 25.1 Å². The number of nitrogens with one attached hydrogen (secondary N) is 2. The monoisotopic (exact) mass is 395 g/mol. The van der Waals surface area contributed by atoms with E-state index in [0.717, 1.165) is 11.4 Å². The van der Waals surface area contributed by atoms with Crippen LogP contribution >= 0.6 is 0 Å². The van der Waals surface area contributed by atoms with Gasteiger partial charge >= 0.3 is 0 Å². The maximum atomic E-state index is 12.2. The summed E-state index contributed by atoms with van der Waals surface area (Å²) in [7, 11) is 0. The van der Waals surface area contributed by atoms with Crippen molar-refractivity contribution in [2.24, 2.45) is 0 Å². The van der Waals surface area contributed by atoms with Gasteiger partial charge in [-0.2, -0.15) is 5.10 Å². The molecular formula is C19H21N7O3. The van der Waals surface area contributed by atoms with Crippen molar-refractivity contribution in [2.75, 3.05) is 18.4 Å². The third-order valence-corrected chi connectivity index (χ3v) is 4.09. The van der Waals surface area contributed by atoms with E-state index >= 15 is 0 Å². The maximum Gasteiger partial charge on any atom is 0.270 e. The van der Waals surface area contributed by atoms with Gasteiger partial charge < -0.3 is 10.6 Å². The molecule has 2 N–H and O–H groups in total. The van der Waals surface area contributed by atoms with Gasteiger partial charge in [0.1, 0.15) is 11.6 Å². The van der Waals surface area contributed by atoms with E-state index in [0.29, 0.717) is 30.5 Å². The van der Waals surface area contributed by atoms with Crippen LogP contribution in [-0.4, -0.2) is 43.7 Å². The van der Waals surface area contributed by atoms with Crippen molar-refractivity contribution < 1.29 is 9.72 Å². The van der Waals surface area contributed by atoms with Gasteiger partial charge in [0.25, 0.3) is 11.6 Å². The molecule has 0 radical (unpaired) electrons. The van der Waals surface area contributed by atoms with Crippen molar-refractivity contribution in [3.8, 4) is 5.82 Å². The van der Waals surface area contributed by atoms with Crippen LogP contribution in [0.25, 0.3) is 5.82 Å². The molecule has 0 saturated heterocycles. The lowest BCUT2D eigenvalue weighted by Crippen LogP contribution is -2.29. The highest BCUT2D eigenvalue weighted by Crippen LogP contribution is 2.14. The van der Waals surface area contributed by atoms with Crippen molar-refractivity contribution in [3.63, 3.8) is 0 Å². The second-order valence-corrected chi connectivity index (χ2v) is 6.49. The number of nitro benzene ring substituents is 1. The average Bonchev–Trinajstić information content (AvgIpc) is 3.03. The minimum atomic E-state index is -0.532. The van der Waals surface area contributed by atoms with Crippen molar-refractivity contribution >= 4 is 17.4 Å². The van der Waals surface area contributed by atoms with Gasteiger partial charge in [-0.05, 0) is 32.9 Å². The van der Waals surface area contributed by atoms with Crippen LogP contribution in [-0.2, 0) is 0 Å². The Morgan fingerprint density at radius 3 is 2.62 bits per heavy atom. The summed E-state index contributed by atoms with van der Waals surface area (Å²) in [6.07, 6.45) is 0. The Morgan fingerprint density at radius 1 is 1.14 bits per heavy atom. The molecule has 0 aliphatic rings.